The minimum atomic E-state index is -4.28. The Labute approximate surface area is 95.4 Å². The van der Waals surface area contributed by atoms with E-state index in [9.17, 15) is 17.6 Å². The van der Waals surface area contributed by atoms with Crippen LogP contribution >= 0.6 is 11.6 Å². The van der Waals surface area contributed by atoms with Gasteiger partial charge in [0.1, 0.15) is 5.82 Å². The topological polar surface area (TPSA) is 12.0 Å². The molecule has 1 unspecified atom stereocenters. The summed E-state index contributed by atoms with van der Waals surface area (Å²) in [5.41, 5.74) is 0.422. The quantitative estimate of drug-likeness (QED) is 0.812. The van der Waals surface area contributed by atoms with Gasteiger partial charge >= 0.3 is 6.18 Å². The molecule has 1 N–H and O–H groups in total. The fourth-order valence-electron chi connectivity index (χ4n) is 1.17. The molecule has 1 aromatic rings. The van der Waals surface area contributed by atoms with Crippen LogP contribution in [0.15, 0.2) is 18.2 Å². The first kappa shape index (κ1) is 13.3. The average molecular weight is 256 g/mol. The van der Waals surface area contributed by atoms with Gasteiger partial charge in [-0.05, 0) is 24.6 Å². The summed E-state index contributed by atoms with van der Waals surface area (Å²) in [5.74, 6) is -0.639. The second-order valence-electron chi connectivity index (χ2n) is 3.39. The van der Waals surface area contributed by atoms with Crippen LogP contribution in [-0.4, -0.2) is 12.7 Å². The van der Waals surface area contributed by atoms with Crippen molar-refractivity contribution in [3.63, 3.8) is 0 Å². The van der Waals surface area contributed by atoms with Gasteiger partial charge in [-0.2, -0.15) is 13.2 Å². The molecule has 1 nitrogen and oxygen atoms in total. The zero-order valence-corrected chi connectivity index (χ0v) is 9.16. The fourth-order valence-corrected chi connectivity index (χ4v) is 1.29. The van der Waals surface area contributed by atoms with Crippen molar-refractivity contribution in [2.45, 2.75) is 19.1 Å². The lowest BCUT2D eigenvalue weighted by Gasteiger charge is -2.16. The maximum Gasteiger partial charge on any atom is 0.401 e. The zero-order chi connectivity index (χ0) is 12.3. The Balaban J connectivity index is 2.66. The van der Waals surface area contributed by atoms with Gasteiger partial charge in [0.25, 0.3) is 0 Å². The summed E-state index contributed by atoms with van der Waals surface area (Å²) < 4.78 is 48.8. The van der Waals surface area contributed by atoms with Crippen LogP contribution < -0.4 is 5.32 Å². The third-order valence-corrected chi connectivity index (χ3v) is 2.36. The predicted molar refractivity (Wildman–Crippen MR) is 53.9 cm³/mol. The molecule has 6 heteroatoms. The summed E-state index contributed by atoms with van der Waals surface area (Å²) in [4.78, 5) is 0. The second-order valence-corrected chi connectivity index (χ2v) is 3.80. The first-order chi connectivity index (χ1) is 7.29. The molecule has 0 saturated heterocycles. The Bertz CT molecular complexity index is 364. The number of benzene rings is 1. The zero-order valence-electron chi connectivity index (χ0n) is 8.41. The molecule has 1 rings (SSSR count). The normalized spacial score (nSPS) is 13.9. The van der Waals surface area contributed by atoms with Gasteiger partial charge < -0.3 is 5.32 Å². The molecule has 0 spiro atoms. The molecule has 0 heterocycles. The molecule has 0 aromatic heterocycles. The molecule has 0 fully saturated rings. The van der Waals surface area contributed by atoms with Gasteiger partial charge in [0.2, 0.25) is 0 Å². The molecular formula is C10H10ClF4N. The van der Waals surface area contributed by atoms with E-state index in [1.54, 1.807) is 0 Å². The highest BCUT2D eigenvalue weighted by molar-refractivity contribution is 6.30. The molecule has 0 radical (unpaired) electrons. The molecular weight excluding hydrogens is 246 g/mol. The van der Waals surface area contributed by atoms with Crippen molar-refractivity contribution in [2.24, 2.45) is 0 Å². The molecule has 0 aliphatic carbocycles. The van der Waals surface area contributed by atoms with Crippen molar-refractivity contribution >= 4 is 11.6 Å². The number of nitrogens with one attached hydrogen (secondary N) is 1. The highest BCUT2D eigenvalue weighted by Gasteiger charge is 2.27. The van der Waals surface area contributed by atoms with E-state index in [0.29, 0.717) is 5.56 Å². The van der Waals surface area contributed by atoms with Gasteiger partial charge in [0.15, 0.2) is 0 Å². The Kier molecular flexibility index (Phi) is 4.15. The third-order valence-electron chi connectivity index (χ3n) is 2.05. The molecule has 0 bridgehead atoms. The molecule has 0 amide bonds. The highest BCUT2D eigenvalue weighted by atomic mass is 35.5. The van der Waals surface area contributed by atoms with Crippen LogP contribution in [-0.2, 0) is 0 Å². The van der Waals surface area contributed by atoms with Crippen molar-refractivity contribution < 1.29 is 17.6 Å². The van der Waals surface area contributed by atoms with Crippen molar-refractivity contribution in [1.82, 2.24) is 5.32 Å². The Morgan fingerprint density at radius 2 is 2.00 bits per heavy atom. The lowest BCUT2D eigenvalue weighted by Crippen LogP contribution is -2.30. The highest BCUT2D eigenvalue weighted by Crippen LogP contribution is 2.21. The molecule has 1 aromatic carbocycles. The summed E-state index contributed by atoms with van der Waals surface area (Å²) in [6, 6.07) is 3.33. The lowest BCUT2D eigenvalue weighted by molar-refractivity contribution is -0.126. The van der Waals surface area contributed by atoms with E-state index in [2.05, 4.69) is 5.32 Å². The van der Waals surface area contributed by atoms with Crippen molar-refractivity contribution in [3.05, 3.63) is 34.6 Å². The average Bonchev–Trinajstić information content (AvgIpc) is 2.17. The van der Waals surface area contributed by atoms with Gasteiger partial charge in [-0.1, -0.05) is 17.7 Å². The Morgan fingerprint density at radius 1 is 1.38 bits per heavy atom. The molecule has 1 atom stereocenters. The molecule has 0 aliphatic heterocycles. The van der Waals surface area contributed by atoms with Crippen LogP contribution in [0, 0.1) is 5.82 Å². The third kappa shape index (κ3) is 3.98. The minimum absolute atomic E-state index is 0.0493. The standard InChI is InChI=1S/C10H10ClF4N/c1-6(16-5-10(13,14)15)7-2-3-8(11)9(12)4-7/h2-4,6,16H,5H2,1H3. The minimum Gasteiger partial charge on any atom is -0.302 e. The van der Waals surface area contributed by atoms with Gasteiger partial charge in [-0.15, -0.1) is 0 Å². The summed E-state index contributed by atoms with van der Waals surface area (Å²) >= 11 is 5.46. The van der Waals surface area contributed by atoms with E-state index >= 15 is 0 Å². The smallest absolute Gasteiger partial charge is 0.302 e. The van der Waals surface area contributed by atoms with Gasteiger partial charge in [-0.3, -0.25) is 0 Å². The lowest BCUT2D eigenvalue weighted by atomic mass is 10.1. The number of hydrogen-bond acceptors (Lipinski definition) is 1. The maximum absolute atomic E-state index is 13.0. The summed E-state index contributed by atoms with van der Waals surface area (Å²) in [6.45, 7) is 0.410. The largest absolute Gasteiger partial charge is 0.401 e. The number of hydrogen-bond donors (Lipinski definition) is 1. The maximum atomic E-state index is 13.0. The Morgan fingerprint density at radius 3 is 2.50 bits per heavy atom. The molecule has 90 valence electrons. The first-order valence-corrected chi connectivity index (χ1v) is 4.92. The van der Waals surface area contributed by atoms with Crippen LogP contribution in [0.5, 0.6) is 0 Å². The molecule has 0 saturated carbocycles. The number of alkyl halides is 3. The van der Waals surface area contributed by atoms with E-state index in [-0.39, 0.29) is 5.02 Å². The first-order valence-electron chi connectivity index (χ1n) is 4.54. The van der Waals surface area contributed by atoms with Crippen molar-refractivity contribution in [1.29, 1.82) is 0 Å². The van der Waals surface area contributed by atoms with Crippen molar-refractivity contribution in [2.75, 3.05) is 6.54 Å². The van der Waals surface area contributed by atoms with Crippen LogP contribution in [0.2, 0.25) is 5.02 Å². The number of rotatable bonds is 3. The van der Waals surface area contributed by atoms with E-state index in [0.717, 1.165) is 6.07 Å². The number of halogens is 5. The Hall–Kier alpha value is -0.810. The monoisotopic (exact) mass is 255 g/mol. The van der Waals surface area contributed by atoms with Crippen LogP contribution in [0.4, 0.5) is 17.6 Å². The van der Waals surface area contributed by atoms with Gasteiger partial charge in [0, 0.05) is 6.04 Å². The second kappa shape index (κ2) is 5.01. The van der Waals surface area contributed by atoms with Crippen molar-refractivity contribution in [3.8, 4) is 0 Å². The molecule has 16 heavy (non-hydrogen) atoms. The van der Waals surface area contributed by atoms with E-state index in [4.69, 9.17) is 11.6 Å². The summed E-state index contributed by atoms with van der Waals surface area (Å²) in [6.07, 6.45) is -4.28. The van der Waals surface area contributed by atoms with E-state index < -0.39 is 24.6 Å². The summed E-state index contributed by atoms with van der Waals surface area (Å²) in [7, 11) is 0. The predicted octanol–water partition coefficient (Wildman–Crippen LogP) is 3.69. The van der Waals surface area contributed by atoms with Crippen LogP contribution in [0.25, 0.3) is 0 Å². The summed E-state index contributed by atoms with van der Waals surface area (Å²) in [5, 5.41) is 2.20. The molecule has 0 aliphatic rings. The fraction of sp³-hybridized carbons (Fsp3) is 0.400. The van der Waals surface area contributed by atoms with E-state index in [1.165, 1.54) is 19.1 Å². The van der Waals surface area contributed by atoms with Crippen LogP contribution in [0.1, 0.15) is 18.5 Å². The van der Waals surface area contributed by atoms with Crippen LogP contribution in [0.3, 0.4) is 0 Å². The SMILES string of the molecule is CC(NCC(F)(F)F)c1ccc(Cl)c(F)c1. The van der Waals surface area contributed by atoms with Gasteiger partial charge in [0.05, 0.1) is 11.6 Å². The van der Waals surface area contributed by atoms with E-state index in [1.807, 2.05) is 0 Å². The van der Waals surface area contributed by atoms with Gasteiger partial charge in [-0.25, -0.2) is 4.39 Å².